The van der Waals surface area contributed by atoms with Gasteiger partial charge in [-0.25, -0.2) is 0 Å². The first-order valence-corrected chi connectivity index (χ1v) is 8.57. The number of benzene rings is 2. The monoisotopic (exact) mass is 341 g/mol. The summed E-state index contributed by atoms with van der Waals surface area (Å²) < 4.78 is 11.2. The van der Waals surface area contributed by atoms with E-state index in [-0.39, 0.29) is 18.0 Å². The Hall–Kier alpha value is -2.33. The van der Waals surface area contributed by atoms with Crippen molar-refractivity contribution in [3.8, 4) is 5.75 Å². The lowest BCUT2D eigenvalue weighted by molar-refractivity contribution is -0.149. The molecule has 0 radical (unpaired) electrons. The van der Waals surface area contributed by atoms with E-state index in [1.165, 1.54) is 0 Å². The average Bonchev–Trinajstić information content (AvgIpc) is 2.58. The summed E-state index contributed by atoms with van der Waals surface area (Å²) >= 11 is 0. The normalized spacial score (nSPS) is 12.2. The number of likely N-dealkylation sites (N-methyl/N-ethyl adjacent to an activating group) is 1. The Balaban J connectivity index is 2.05. The number of carbonyl (C=O) groups is 1. The number of carbonyl (C=O) groups excluding carboxylic acids is 1. The highest BCUT2D eigenvalue weighted by Crippen LogP contribution is 2.23. The maximum atomic E-state index is 12.4. The van der Waals surface area contributed by atoms with Crippen molar-refractivity contribution in [3.05, 3.63) is 65.7 Å². The van der Waals surface area contributed by atoms with Gasteiger partial charge in [-0.05, 0) is 51.2 Å². The van der Waals surface area contributed by atoms with E-state index in [9.17, 15) is 4.79 Å². The van der Waals surface area contributed by atoms with Crippen LogP contribution in [0.25, 0.3) is 0 Å². The van der Waals surface area contributed by atoms with E-state index >= 15 is 0 Å². The van der Waals surface area contributed by atoms with Gasteiger partial charge >= 0.3 is 5.97 Å². The quantitative estimate of drug-likeness (QED) is 0.684. The Morgan fingerprint density at radius 3 is 2.20 bits per heavy atom. The molecule has 0 heterocycles. The Kier molecular flexibility index (Phi) is 7.02. The third kappa shape index (κ3) is 6.24. The summed E-state index contributed by atoms with van der Waals surface area (Å²) in [6.07, 6.45) is -0.120. The van der Waals surface area contributed by atoms with Crippen LogP contribution in [0.15, 0.2) is 54.6 Å². The fraction of sp³-hybridized carbons (Fsp3) is 0.381. The van der Waals surface area contributed by atoms with Crippen LogP contribution >= 0.6 is 0 Å². The third-order valence-corrected chi connectivity index (χ3v) is 3.71. The zero-order chi connectivity index (χ0) is 18.2. The first-order chi connectivity index (χ1) is 12.0. The fourth-order valence-corrected chi connectivity index (χ4v) is 2.53. The molecule has 25 heavy (non-hydrogen) atoms. The molecule has 0 unspecified atom stereocenters. The first-order valence-electron chi connectivity index (χ1n) is 8.57. The van der Waals surface area contributed by atoms with Crippen LogP contribution in [-0.2, 0) is 16.1 Å². The van der Waals surface area contributed by atoms with Crippen LogP contribution in [0.5, 0.6) is 5.75 Å². The predicted octanol–water partition coefficient (Wildman–Crippen LogP) is 3.86. The van der Waals surface area contributed by atoms with Crippen LogP contribution in [0, 0.1) is 0 Å². The molecular weight excluding hydrogens is 314 g/mol. The second-order valence-corrected chi connectivity index (χ2v) is 6.64. The van der Waals surface area contributed by atoms with Gasteiger partial charge in [0, 0.05) is 6.54 Å². The van der Waals surface area contributed by atoms with Gasteiger partial charge in [-0.3, -0.25) is 4.79 Å². The Labute approximate surface area is 150 Å². The summed E-state index contributed by atoms with van der Waals surface area (Å²) in [4.78, 5) is 14.4. The maximum absolute atomic E-state index is 12.4. The molecule has 0 aliphatic heterocycles. The van der Waals surface area contributed by atoms with Crippen molar-refractivity contribution >= 4 is 5.97 Å². The molecule has 0 saturated carbocycles. The molecule has 0 aliphatic rings. The van der Waals surface area contributed by atoms with Crippen LogP contribution in [0.4, 0.5) is 0 Å². The minimum Gasteiger partial charge on any atom is -0.489 e. The van der Waals surface area contributed by atoms with Crippen LogP contribution in [0.1, 0.15) is 30.9 Å². The number of ether oxygens (including phenoxy) is 2. The smallest absolute Gasteiger partial charge is 0.314 e. The van der Waals surface area contributed by atoms with Crippen LogP contribution < -0.4 is 4.74 Å². The van der Waals surface area contributed by atoms with Gasteiger partial charge in [-0.1, -0.05) is 42.5 Å². The number of rotatable bonds is 8. The molecule has 0 aromatic heterocycles. The molecule has 0 fully saturated rings. The van der Waals surface area contributed by atoms with E-state index in [1.807, 2.05) is 87.4 Å². The zero-order valence-electron chi connectivity index (χ0n) is 15.4. The van der Waals surface area contributed by atoms with Gasteiger partial charge in [0.1, 0.15) is 12.4 Å². The minimum atomic E-state index is -0.305. The standard InChI is InChI=1S/C21H27NO3/c1-16(2)25-21(23)20(14-22(3)4)18-10-12-19(13-11-18)24-15-17-8-6-5-7-9-17/h5-13,16,20H,14-15H2,1-4H3/t20-/m1/s1. The molecule has 0 bridgehead atoms. The van der Waals surface area contributed by atoms with E-state index in [0.717, 1.165) is 16.9 Å². The summed E-state index contributed by atoms with van der Waals surface area (Å²) in [5.74, 6) is 0.288. The van der Waals surface area contributed by atoms with Crippen molar-refractivity contribution in [2.45, 2.75) is 32.5 Å². The molecule has 2 aromatic rings. The fourth-order valence-electron chi connectivity index (χ4n) is 2.53. The molecule has 0 saturated heterocycles. The summed E-state index contributed by atoms with van der Waals surface area (Å²) in [6.45, 7) is 4.86. The second kappa shape index (κ2) is 9.23. The van der Waals surface area contributed by atoms with Gasteiger partial charge in [0.25, 0.3) is 0 Å². The highest BCUT2D eigenvalue weighted by Gasteiger charge is 2.24. The largest absolute Gasteiger partial charge is 0.489 e. The lowest BCUT2D eigenvalue weighted by atomic mass is 9.98. The summed E-state index contributed by atoms with van der Waals surface area (Å²) in [5.41, 5.74) is 2.06. The predicted molar refractivity (Wildman–Crippen MR) is 99.7 cm³/mol. The van der Waals surface area contributed by atoms with Gasteiger partial charge in [-0.15, -0.1) is 0 Å². The van der Waals surface area contributed by atoms with E-state index in [0.29, 0.717) is 13.2 Å². The highest BCUT2D eigenvalue weighted by molar-refractivity contribution is 5.78. The van der Waals surface area contributed by atoms with Crippen LogP contribution in [-0.4, -0.2) is 37.6 Å². The zero-order valence-corrected chi connectivity index (χ0v) is 15.4. The van der Waals surface area contributed by atoms with E-state index in [1.54, 1.807) is 0 Å². The molecule has 0 spiro atoms. The molecule has 0 N–H and O–H groups in total. The molecule has 0 aliphatic carbocycles. The first kappa shape index (κ1) is 19.0. The highest BCUT2D eigenvalue weighted by atomic mass is 16.5. The molecular formula is C21H27NO3. The average molecular weight is 341 g/mol. The molecule has 1 atom stereocenters. The maximum Gasteiger partial charge on any atom is 0.314 e. The summed E-state index contributed by atoms with van der Waals surface area (Å²) in [5, 5.41) is 0. The lowest BCUT2D eigenvalue weighted by Gasteiger charge is -2.21. The van der Waals surface area contributed by atoms with Gasteiger partial charge in [0.2, 0.25) is 0 Å². The van der Waals surface area contributed by atoms with E-state index in [4.69, 9.17) is 9.47 Å². The topological polar surface area (TPSA) is 38.8 Å². The van der Waals surface area contributed by atoms with Crippen molar-refractivity contribution in [2.75, 3.05) is 20.6 Å². The number of nitrogens with zero attached hydrogens (tertiary/aromatic N) is 1. The number of hydrogen-bond donors (Lipinski definition) is 0. The minimum absolute atomic E-state index is 0.120. The molecule has 134 valence electrons. The number of esters is 1. The second-order valence-electron chi connectivity index (χ2n) is 6.64. The van der Waals surface area contributed by atoms with E-state index in [2.05, 4.69) is 0 Å². The van der Waals surface area contributed by atoms with Crippen molar-refractivity contribution < 1.29 is 14.3 Å². The molecule has 2 rings (SSSR count). The molecule has 4 heteroatoms. The van der Waals surface area contributed by atoms with Gasteiger partial charge in [0.05, 0.1) is 12.0 Å². The lowest BCUT2D eigenvalue weighted by Crippen LogP contribution is -2.29. The summed E-state index contributed by atoms with van der Waals surface area (Å²) in [6, 6.07) is 17.7. The Morgan fingerprint density at radius 1 is 1.00 bits per heavy atom. The summed E-state index contributed by atoms with van der Waals surface area (Å²) in [7, 11) is 3.90. The molecule has 2 aromatic carbocycles. The van der Waals surface area contributed by atoms with Gasteiger partial charge < -0.3 is 14.4 Å². The Morgan fingerprint density at radius 2 is 1.64 bits per heavy atom. The van der Waals surface area contributed by atoms with Gasteiger partial charge in [-0.2, -0.15) is 0 Å². The van der Waals surface area contributed by atoms with Crippen molar-refractivity contribution in [1.29, 1.82) is 0 Å². The SMILES string of the molecule is CC(C)OC(=O)[C@H](CN(C)C)c1ccc(OCc2ccccc2)cc1. The van der Waals surface area contributed by atoms with Crippen molar-refractivity contribution in [1.82, 2.24) is 4.90 Å². The number of hydrogen-bond acceptors (Lipinski definition) is 4. The van der Waals surface area contributed by atoms with Crippen molar-refractivity contribution in [2.24, 2.45) is 0 Å². The molecule has 4 nitrogen and oxygen atoms in total. The van der Waals surface area contributed by atoms with Crippen molar-refractivity contribution in [3.63, 3.8) is 0 Å². The molecule has 0 amide bonds. The Bertz CT molecular complexity index is 651. The third-order valence-electron chi connectivity index (χ3n) is 3.71. The van der Waals surface area contributed by atoms with E-state index < -0.39 is 0 Å². The van der Waals surface area contributed by atoms with Crippen LogP contribution in [0.3, 0.4) is 0 Å². The van der Waals surface area contributed by atoms with Crippen LogP contribution in [0.2, 0.25) is 0 Å². The van der Waals surface area contributed by atoms with Gasteiger partial charge in [0.15, 0.2) is 0 Å².